The summed E-state index contributed by atoms with van der Waals surface area (Å²) in [5.74, 6) is -1.05. The van der Waals surface area contributed by atoms with E-state index in [-0.39, 0.29) is 6.42 Å². The molecule has 1 atom stereocenters. The lowest BCUT2D eigenvalue weighted by atomic mass is 10.2. The topological polar surface area (TPSA) is 87.7 Å². The monoisotopic (exact) mass is 232 g/mol. The Hall–Kier alpha value is -1.30. The van der Waals surface area contributed by atoms with Gasteiger partial charge in [-0.1, -0.05) is 13.3 Å². The highest BCUT2D eigenvalue weighted by atomic mass is 16.5. The van der Waals surface area contributed by atoms with E-state index in [1.165, 1.54) is 7.11 Å². The van der Waals surface area contributed by atoms with Gasteiger partial charge in [-0.3, -0.25) is 0 Å². The Labute approximate surface area is 95.4 Å². The van der Waals surface area contributed by atoms with E-state index in [0.717, 1.165) is 12.8 Å². The Morgan fingerprint density at radius 2 is 2.12 bits per heavy atom. The van der Waals surface area contributed by atoms with E-state index < -0.39 is 18.0 Å². The summed E-state index contributed by atoms with van der Waals surface area (Å²) in [6.45, 7) is 2.86. The van der Waals surface area contributed by atoms with Gasteiger partial charge in [0.1, 0.15) is 6.04 Å². The predicted molar refractivity (Wildman–Crippen MR) is 59.4 cm³/mol. The molecule has 2 amide bonds. The lowest BCUT2D eigenvalue weighted by Gasteiger charge is -2.14. The lowest BCUT2D eigenvalue weighted by molar-refractivity contribution is -0.139. The summed E-state index contributed by atoms with van der Waals surface area (Å²) in [4.78, 5) is 22.0. The predicted octanol–water partition coefficient (Wildman–Crippen LogP) is 0.575. The molecule has 0 aliphatic heterocycles. The Balaban J connectivity index is 3.88. The van der Waals surface area contributed by atoms with Crippen LogP contribution in [0.25, 0.3) is 0 Å². The van der Waals surface area contributed by atoms with Crippen molar-refractivity contribution in [1.82, 2.24) is 10.6 Å². The SMILES string of the molecule is CCCCNC(=O)NC(CCOC)C(=O)O. The molecule has 94 valence electrons. The summed E-state index contributed by atoms with van der Waals surface area (Å²) < 4.78 is 4.77. The Morgan fingerprint density at radius 3 is 2.62 bits per heavy atom. The fourth-order valence-corrected chi connectivity index (χ4v) is 1.08. The average Bonchev–Trinajstić information content (AvgIpc) is 2.24. The minimum Gasteiger partial charge on any atom is -0.480 e. The molecule has 0 heterocycles. The van der Waals surface area contributed by atoms with Gasteiger partial charge in [0.15, 0.2) is 0 Å². The molecule has 0 aliphatic rings. The molecule has 0 saturated carbocycles. The zero-order valence-corrected chi connectivity index (χ0v) is 9.78. The molecule has 16 heavy (non-hydrogen) atoms. The number of nitrogens with one attached hydrogen (secondary N) is 2. The number of ether oxygens (including phenoxy) is 1. The number of rotatable bonds is 8. The normalized spacial score (nSPS) is 11.9. The number of carboxylic acids is 1. The maximum absolute atomic E-state index is 11.3. The third kappa shape index (κ3) is 7.05. The molecule has 0 aromatic rings. The van der Waals surface area contributed by atoms with E-state index in [4.69, 9.17) is 9.84 Å². The number of unbranched alkanes of at least 4 members (excludes halogenated alkanes) is 1. The number of carbonyl (C=O) groups excluding carboxylic acids is 1. The van der Waals surface area contributed by atoms with Gasteiger partial charge in [0.2, 0.25) is 0 Å². The van der Waals surface area contributed by atoms with Crippen molar-refractivity contribution in [1.29, 1.82) is 0 Å². The zero-order chi connectivity index (χ0) is 12.4. The molecule has 6 heteroatoms. The highest BCUT2D eigenvalue weighted by Gasteiger charge is 2.18. The largest absolute Gasteiger partial charge is 0.480 e. The first-order chi connectivity index (χ1) is 7.61. The van der Waals surface area contributed by atoms with Crippen molar-refractivity contribution in [2.45, 2.75) is 32.2 Å². The van der Waals surface area contributed by atoms with Crippen LogP contribution in [0.5, 0.6) is 0 Å². The van der Waals surface area contributed by atoms with Crippen LogP contribution in [0, 0.1) is 0 Å². The summed E-state index contributed by atoms with van der Waals surface area (Å²) in [5.41, 5.74) is 0. The van der Waals surface area contributed by atoms with Gasteiger partial charge in [0, 0.05) is 26.7 Å². The maximum atomic E-state index is 11.3. The Bertz CT molecular complexity index is 221. The Morgan fingerprint density at radius 1 is 1.44 bits per heavy atom. The first-order valence-electron chi connectivity index (χ1n) is 5.38. The van der Waals surface area contributed by atoms with Gasteiger partial charge < -0.3 is 20.5 Å². The van der Waals surface area contributed by atoms with Crippen LogP contribution in [0.3, 0.4) is 0 Å². The second kappa shape index (κ2) is 8.96. The van der Waals surface area contributed by atoms with Crippen LogP contribution in [0.15, 0.2) is 0 Å². The summed E-state index contributed by atoms with van der Waals surface area (Å²) in [5, 5.41) is 13.8. The molecule has 0 spiro atoms. The van der Waals surface area contributed by atoms with E-state index in [2.05, 4.69) is 10.6 Å². The van der Waals surface area contributed by atoms with Crippen molar-refractivity contribution >= 4 is 12.0 Å². The molecule has 0 radical (unpaired) electrons. The van der Waals surface area contributed by atoms with Crippen LogP contribution in [0.1, 0.15) is 26.2 Å². The summed E-state index contributed by atoms with van der Waals surface area (Å²) >= 11 is 0. The summed E-state index contributed by atoms with van der Waals surface area (Å²) in [7, 11) is 1.49. The summed E-state index contributed by atoms with van der Waals surface area (Å²) in [6, 6.07) is -1.35. The van der Waals surface area contributed by atoms with Gasteiger partial charge in [0.25, 0.3) is 0 Å². The molecule has 0 fully saturated rings. The molecular formula is C10H20N2O4. The van der Waals surface area contributed by atoms with E-state index in [1.54, 1.807) is 0 Å². The van der Waals surface area contributed by atoms with Crippen molar-refractivity contribution in [3.63, 3.8) is 0 Å². The smallest absolute Gasteiger partial charge is 0.326 e. The van der Waals surface area contributed by atoms with E-state index in [1.807, 2.05) is 6.92 Å². The van der Waals surface area contributed by atoms with Crippen LogP contribution >= 0.6 is 0 Å². The van der Waals surface area contributed by atoms with Gasteiger partial charge >= 0.3 is 12.0 Å². The molecular weight excluding hydrogens is 212 g/mol. The van der Waals surface area contributed by atoms with E-state index >= 15 is 0 Å². The van der Waals surface area contributed by atoms with Crippen LogP contribution < -0.4 is 10.6 Å². The quantitative estimate of drug-likeness (QED) is 0.534. The number of carboxylic acid groups (broad SMARTS) is 1. The van der Waals surface area contributed by atoms with Gasteiger partial charge in [-0.25, -0.2) is 9.59 Å². The molecule has 0 bridgehead atoms. The number of carbonyl (C=O) groups is 2. The van der Waals surface area contributed by atoms with Crippen molar-refractivity contribution in [2.75, 3.05) is 20.3 Å². The zero-order valence-electron chi connectivity index (χ0n) is 9.78. The number of amides is 2. The third-order valence-corrected chi connectivity index (χ3v) is 2.03. The van der Waals surface area contributed by atoms with Crippen LogP contribution in [-0.4, -0.2) is 43.4 Å². The minimum atomic E-state index is -1.05. The maximum Gasteiger partial charge on any atom is 0.326 e. The van der Waals surface area contributed by atoms with Crippen molar-refractivity contribution < 1.29 is 19.4 Å². The molecule has 0 saturated heterocycles. The number of urea groups is 1. The second-order valence-corrected chi connectivity index (χ2v) is 3.43. The number of aliphatic carboxylic acids is 1. The lowest BCUT2D eigenvalue weighted by Crippen LogP contribution is -2.46. The number of hydrogen-bond donors (Lipinski definition) is 3. The second-order valence-electron chi connectivity index (χ2n) is 3.43. The molecule has 0 aliphatic carbocycles. The van der Waals surface area contributed by atoms with Crippen LogP contribution in [0.2, 0.25) is 0 Å². The van der Waals surface area contributed by atoms with Gasteiger partial charge in [0.05, 0.1) is 0 Å². The standard InChI is InChI=1S/C10H20N2O4/c1-3-4-6-11-10(15)12-8(9(13)14)5-7-16-2/h8H,3-7H2,1-2H3,(H,13,14)(H2,11,12,15). The van der Waals surface area contributed by atoms with Crippen molar-refractivity contribution in [2.24, 2.45) is 0 Å². The van der Waals surface area contributed by atoms with Crippen molar-refractivity contribution in [3.05, 3.63) is 0 Å². The molecule has 1 unspecified atom stereocenters. The molecule has 0 aromatic carbocycles. The number of methoxy groups -OCH3 is 1. The Kier molecular flexibility index (Phi) is 8.24. The van der Waals surface area contributed by atoms with Gasteiger partial charge in [-0.05, 0) is 6.42 Å². The molecule has 6 nitrogen and oxygen atoms in total. The fraction of sp³-hybridized carbons (Fsp3) is 0.800. The fourth-order valence-electron chi connectivity index (χ4n) is 1.08. The molecule has 3 N–H and O–H groups in total. The number of hydrogen-bond acceptors (Lipinski definition) is 3. The highest BCUT2D eigenvalue weighted by molar-refractivity contribution is 5.82. The first kappa shape index (κ1) is 14.7. The third-order valence-electron chi connectivity index (χ3n) is 2.03. The first-order valence-corrected chi connectivity index (χ1v) is 5.38. The molecule has 0 aromatic heterocycles. The summed E-state index contributed by atoms with van der Waals surface area (Å²) in [6.07, 6.45) is 2.11. The molecule has 0 rings (SSSR count). The average molecular weight is 232 g/mol. The van der Waals surface area contributed by atoms with Crippen LogP contribution in [-0.2, 0) is 9.53 Å². The van der Waals surface area contributed by atoms with Crippen LogP contribution in [0.4, 0.5) is 4.79 Å². The van der Waals surface area contributed by atoms with Gasteiger partial charge in [-0.15, -0.1) is 0 Å². The van der Waals surface area contributed by atoms with Gasteiger partial charge in [-0.2, -0.15) is 0 Å². The van der Waals surface area contributed by atoms with E-state index in [0.29, 0.717) is 13.2 Å². The minimum absolute atomic E-state index is 0.257. The van der Waals surface area contributed by atoms with Crippen molar-refractivity contribution in [3.8, 4) is 0 Å². The van der Waals surface area contributed by atoms with E-state index in [9.17, 15) is 9.59 Å². The highest BCUT2D eigenvalue weighted by Crippen LogP contribution is 1.93.